The van der Waals surface area contributed by atoms with Crippen molar-refractivity contribution in [2.45, 2.75) is 20.1 Å². The molecule has 1 aliphatic rings. The second-order valence-electron chi connectivity index (χ2n) is 6.83. The van der Waals surface area contributed by atoms with Gasteiger partial charge in [0.15, 0.2) is 17.7 Å². The first-order valence-electron chi connectivity index (χ1n) is 9.43. The van der Waals surface area contributed by atoms with Gasteiger partial charge >= 0.3 is 0 Å². The molecule has 0 amide bonds. The number of nitrogens with two attached hydrogens (primary N) is 1. The second kappa shape index (κ2) is 8.38. The number of benzene rings is 2. The molecule has 2 heterocycles. The molecule has 0 saturated heterocycles. The fraction of sp³-hybridized carbons (Fsp3) is 0.182. The molecule has 1 aromatic heterocycles. The van der Waals surface area contributed by atoms with E-state index in [0.29, 0.717) is 45.1 Å². The van der Waals surface area contributed by atoms with Gasteiger partial charge in [-0.15, -0.1) is 0 Å². The van der Waals surface area contributed by atoms with Gasteiger partial charge in [0.2, 0.25) is 5.88 Å². The third-order valence-electron chi connectivity index (χ3n) is 4.87. The quantitative estimate of drug-likeness (QED) is 0.487. The molecule has 4 rings (SSSR count). The van der Waals surface area contributed by atoms with Crippen LogP contribution in [-0.4, -0.2) is 27.7 Å². The Morgan fingerprint density at radius 2 is 2.00 bits per heavy atom. The molecule has 1 aliphatic heterocycles. The smallest absolute Gasteiger partial charge is 0.226 e. The van der Waals surface area contributed by atoms with Gasteiger partial charge in [-0.1, -0.05) is 15.9 Å². The summed E-state index contributed by atoms with van der Waals surface area (Å²) in [5.74, 6) is 0.739. The highest BCUT2D eigenvalue weighted by Gasteiger charge is 2.34. The highest BCUT2D eigenvalue weighted by atomic mass is 79.9. The lowest BCUT2D eigenvalue weighted by atomic mass is 9.91. The van der Waals surface area contributed by atoms with Gasteiger partial charge in [-0.25, -0.2) is 4.68 Å². The van der Waals surface area contributed by atoms with Crippen LogP contribution in [0.2, 0.25) is 0 Å². The van der Waals surface area contributed by atoms with Gasteiger partial charge in [-0.05, 0) is 71.7 Å². The van der Waals surface area contributed by atoms with E-state index in [1.54, 1.807) is 16.8 Å². The van der Waals surface area contributed by atoms with Gasteiger partial charge in [-0.2, -0.15) is 10.4 Å². The van der Waals surface area contributed by atoms with Gasteiger partial charge in [-0.3, -0.25) is 5.73 Å². The SMILES string of the molecule is CCOc1cc(C2=C(C#N)C(N)Oc3c2c(C)nn3-c2ccc(Br)cc2)cc(Br)c1O. The van der Waals surface area contributed by atoms with E-state index >= 15 is 0 Å². The minimum Gasteiger partial charge on any atom is -0.503 e. The van der Waals surface area contributed by atoms with Crippen LogP contribution >= 0.6 is 31.9 Å². The van der Waals surface area contributed by atoms with Gasteiger partial charge in [0.1, 0.15) is 6.07 Å². The number of nitriles is 1. The molecular weight excluding hydrogens is 528 g/mol. The molecule has 2 aromatic carbocycles. The summed E-state index contributed by atoms with van der Waals surface area (Å²) >= 11 is 6.81. The molecule has 0 saturated carbocycles. The van der Waals surface area contributed by atoms with E-state index in [-0.39, 0.29) is 11.3 Å². The van der Waals surface area contributed by atoms with E-state index < -0.39 is 6.23 Å². The van der Waals surface area contributed by atoms with Crippen molar-refractivity contribution in [1.29, 1.82) is 5.26 Å². The standard InChI is InChI=1S/C22H18Br2N4O3/c1-3-30-17-9-12(8-16(24)20(17)29)19-15(10-25)21(26)31-22-18(19)11(2)27-28(22)14-6-4-13(23)5-7-14/h4-9,21,29H,3,26H2,1-2H3. The summed E-state index contributed by atoms with van der Waals surface area (Å²) in [6.45, 7) is 4.05. The minimum absolute atomic E-state index is 0.0106. The fourth-order valence-corrected chi connectivity index (χ4v) is 4.23. The zero-order valence-electron chi connectivity index (χ0n) is 16.7. The molecule has 0 fully saturated rings. The topological polar surface area (TPSA) is 106 Å². The summed E-state index contributed by atoms with van der Waals surface area (Å²) in [6.07, 6.45) is -0.971. The average molecular weight is 546 g/mol. The maximum Gasteiger partial charge on any atom is 0.226 e. The lowest BCUT2D eigenvalue weighted by molar-refractivity contribution is 0.228. The van der Waals surface area contributed by atoms with Crippen LogP contribution in [0.15, 0.2) is 50.9 Å². The van der Waals surface area contributed by atoms with Crippen LogP contribution in [0.25, 0.3) is 11.3 Å². The number of rotatable bonds is 4. The van der Waals surface area contributed by atoms with E-state index in [1.807, 2.05) is 38.1 Å². The predicted octanol–water partition coefficient (Wildman–Crippen LogP) is 4.81. The van der Waals surface area contributed by atoms with Crippen molar-refractivity contribution in [2.75, 3.05) is 6.61 Å². The lowest BCUT2D eigenvalue weighted by Gasteiger charge is -2.25. The number of hydrogen-bond acceptors (Lipinski definition) is 6. The van der Waals surface area contributed by atoms with E-state index in [1.165, 1.54) is 0 Å². The molecule has 9 heteroatoms. The van der Waals surface area contributed by atoms with Crippen LogP contribution in [0, 0.1) is 18.3 Å². The maximum absolute atomic E-state index is 10.3. The summed E-state index contributed by atoms with van der Waals surface area (Å²) in [4.78, 5) is 0. The molecule has 0 aliphatic carbocycles. The van der Waals surface area contributed by atoms with Crippen LogP contribution in [0.5, 0.6) is 17.4 Å². The van der Waals surface area contributed by atoms with Gasteiger partial charge in [0, 0.05) is 10.0 Å². The first-order chi connectivity index (χ1) is 14.8. The number of hydrogen-bond donors (Lipinski definition) is 2. The summed E-state index contributed by atoms with van der Waals surface area (Å²) in [6, 6.07) is 13.2. The van der Waals surface area contributed by atoms with Gasteiger partial charge in [0.25, 0.3) is 0 Å². The number of aromatic hydroxyl groups is 1. The van der Waals surface area contributed by atoms with Crippen molar-refractivity contribution in [3.63, 3.8) is 0 Å². The number of aromatic nitrogens is 2. The van der Waals surface area contributed by atoms with E-state index in [9.17, 15) is 10.4 Å². The van der Waals surface area contributed by atoms with Crippen LogP contribution in [-0.2, 0) is 0 Å². The van der Waals surface area contributed by atoms with Crippen molar-refractivity contribution in [1.82, 2.24) is 9.78 Å². The van der Waals surface area contributed by atoms with E-state index in [0.717, 1.165) is 10.2 Å². The molecule has 1 atom stereocenters. The first kappa shape index (κ1) is 21.4. The zero-order valence-corrected chi connectivity index (χ0v) is 19.9. The Kier molecular flexibility index (Phi) is 5.79. The average Bonchev–Trinajstić information content (AvgIpc) is 3.06. The number of halogens is 2. The van der Waals surface area contributed by atoms with Crippen LogP contribution in [0.4, 0.5) is 0 Å². The molecule has 0 bridgehead atoms. The number of fused-ring (bicyclic) bond motifs is 1. The second-order valence-corrected chi connectivity index (χ2v) is 8.60. The summed E-state index contributed by atoms with van der Waals surface area (Å²) in [5.41, 5.74) is 9.89. The van der Waals surface area contributed by atoms with Crippen molar-refractivity contribution >= 4 is 37.4 Å². The van der Waals surface area contributed by atoms with Crippen molar-refractivity contribution in [3.05, 3.63) is 67.7 Å². The normalized spacial score (nSPS) is 15.3. The van der Waals surface area contributed by atoms with Crippen LogP contribution < -0.4 is 15.2 Å². The minimum atomic E-state index is -0.971. The Morgan fingerprint density at radius 1 is 1.29 bits per heavy atom. The molecule has 3 aromatic rings. The Hall–Kier alpha value is -2.80. The van der Waals surface area contributed by atoms with Crippen molar-refractivity contribution in [3.8, 4) is 29.1 Å². The highest BCUT2D eigenvalue weighted by molar-refractivity contribution is 9.10. The summed E-state index contributed by atoms with van der Waals surface area (Å²) < 4.78 is 14.6. The van der Waals surface area contributed by atoms with Crippen LogP contribution in [0.3, 0.4) is 0 Å². The number of aryl methyl sites for hydroxylation is 1. The number of phenolic OH excluding ortho intramolecular Hbond substituents is 1. The van der Waals surface area contributed by atoms with E-state index in [2.05, 4.69) is 43.0 Å². The molecule has 1 unspecified atom stereocenters. The molecule has 31 heavy (non-hydrogen) atoms. The highest BCUT2D eigenvalue weighted by Crippen LogP contribution is 2.45. The van der Waals surface area contributed by atoms with Crippen LogP contribution in [0.1, 0.15) is 23.7 Å². The van der Waals surface area contributed by atoms with Crippen molar-refractivity contribution < 1.29 is 14.6 Å². The van der Waals surface area contributed by atoms with E-state index in [4.69, 9.17) is 15.2 Å². The molecule has 3 N–H and O–H groups in total. The third kappa shape index (κ3) is 3.71. The Labute approximate surface area is 196 Å². The largest absolute Gasteiger partial charge is 0.503 e. The maximum atomic E-state index is 10.3. The molecule has 0 spiro atoms. The monoisotopic (exact) mass is 544 g/mol. The molecular formula is C22H18Br2N4O3. The summed E-state index contributed by atoms with van der Waals surface area (Å²) in [7, 11) is 0. The molecule has 0 radical (unpaired) electrons. The first-order valence-corrected chi connectivity index (χ1v) is 11.0. The number of ether oxygens (including phenoxy) is 2. The Balaban J connectivity index is 1.98. The zero-order chi connectivity index (χ0) is 22.3. The number of nitrogens with zero attached hydrogens (tertiary/aromatic N) is 3. The lowest BCUT2D eigenvalue weighted by Crippen LogP contribution is -2.33. The number of phenols is 1. The van der Waals surface area contributed by atoms with Gasteiger partial charge in [0.05, 0.1) is 33.6 Å². The Bertz CT molecular complexity index is 1240. The Morgan fingerprint density at radius 3 is 2.65 bits per heavy atom. The third-order valence-corrected chi connectivity index (χ3v) is 6.00. The predicted molar refractivity (Wildman–Crippen MR) is 123 cm³/mol. The van der Waals surface area contributed by atoms with Crippen molar-refractivity contribution in [2.24, 2.45) is 5.73 Å². The molecule has 7 nitrogen and oxygen atoms in total. The van der Waals surface area contributed by atoms with Gasteiger partial charge < -0.3 is 14.6 Å². The molecule has 158 valence electrons. The fourth-order valence-electron chi connectivity index (χ4n) is 3.52. The summed E-state index contributed by atoms with van der Waals surface area (Å²) in [5, 5.41) is 24.9.